The van der Waals surface area contributed by atoms with Crippen LogP contribution >= 0.6 is 11.3 Å². The summed E-state index contributed by atoms with van der Waals surface area (Å²) in [5.74, 6) is 0.174. The Morgan fingerprint density at radius 1 is 1.29 bits per heavy atom. The number of amides is 1. The summed E-state index contributed by atoms with van der Waals surface area (Å²) in [6.07, 6.45) is 5.28. The molecular formula is C13H14N2OS. The lowest BCUT2D eigenvalue weighted by Gasteiger charge is -2.26. The first-order valence-corrected chi connectivity index (χ1v) is 6.80. The highest BCUT2D eigenvalue weighted by Gasteiger charge is 2.20. The maximum atomic E-state index is 12.3. The Hall–Kier alpha value is -1.42. The van der Waals surface area contributed by atoms with Gasteiger partial charge in [-0.25, -0.2) is 0 Å². The molecular weight excluding hydrogens is 232 g/mol. The Balaban J connectivity index is 1.89. The maximum absolute atomic E-state index is 12.3. The number of aromatic nitrogens is 1. The fourth-order valence-corrected chi connectivity index (χ4v) is 3.21. The predicted octanol–water partition coefficient (Wildman–Crippen LogP) is 2.92. The Morgan fingerprint density at radius 3 is 2.88 bits per heavy atom. The van der Waals surface area contributed by atoms with Crippen molar-refractivity contribution < 1.29 is 4.79 Å². The van der Waals surface area contributed by atoms with Crippen molar-refractivity contribution in [2.75, 3.05) is 13.1 Å². The molecule has 0 atom stereocenters. The van der Waals surface area contributed by atoms with Crippen LogP contribution in [0.1, 0.15) is 28.9 Å². The van der Waals surface area contributed by atoms with Gasteiger partial charge in [0.15, 0.2) is 0 Å². The number of rotatable bonds is 1. The van der Waals surface area contributed by atoms with Crippen molar-refractivity contribution >= 4 is 27.5 Å². The third kappa shape index (κ3) is 2.05. The van der Waals surface area contributed by atoms with E-state index in [0.29, 0.717) is 0 Å². The van der Waals surface area contributed by atoms with E-state index in [1.807, 2.05) is 23.1 Å². The first kappa shape index (κ1) is 10.7. The molecule has 0 aliphatic carbocycles. The van der Waals surface area contributed by atoms with Crippen molar-refractivity contribution in [3.05, 3.63) is 29.3 Å². The van der Waals surface area contributed by atoms with Gasteiger partial charge < -0.3 is 4.90 Å². The van der Waals surface area contributed by atoms with Crippen LogP contribution in [0.4, 0.5) is 0 Å². The number of piperidine rings is 1. The van der Waals surface area contributed by atoms with Crippen molar-refractivity contribution in [3.63, 3.8) is 0 Å². The molecule has 0 radical (unpaired) electrons. The minimum Gasteiger partial charge on any atom is -0.338 e. The van der Waals surface area contributed by atoms with Gasteiger partial charge in [-0.3, -0.25) is 9.78 Å². The van der Waals surface area contributed by atoms with Gasteiger partial charge in [-0.2, -0.15) is 0 Å². The Labute approximate surface area is 104 Å². The van der Waals surface area contributed by atoms with Crippen LogP contribution in [0, 0.1) is 0 Å². The average molecular weight is 246 g/mol. The molecule has 0 spiro atoms. The molecule has 2 aromatic heterocycles. The molecule has 17 heavy (non-hydrogen) atoms. The summed E-state index contributed by atoms with van der Waals surface area (Å²) in [7, 11) is 0. The molecule has 1 fully saturated rings. The third-order valence-corrected chi connectivity index (χ3v) is 4.22. The molecule has 1 amide bonds. The summed E-state index contributed by atoms with van der Waals surface area (Å²) < 4.78 is 1.09. The van der Waals surface area contributed by atoms with Crippen LogP contribution in [-0.2, 0) is 0 Å². The normalized spacial score (nSPS) is 16.4. The second kappa shape index (κ2) is 4.45. The smallest absolute Gasteiger partial charge is 0.264 e. The summed E-state index contributed by atoms with van der Waals surface area (Å²) in [4.78, 5) is 19.3. The molecule has 0 N–H and O–H groups in total. The minimum atomic E-state index is 0.174. The molecule has 0 aromatic carbocycles. The molecule has 0 unspecified atom stereocenters. The van der Waals surface area contributed by atoms with Crippen molar-refractivity contribution in [1.82, 2.24) is 9.88 Å². The molecule has 3 rings (SSSR count). The number of carbonyl (C=O) groups excluding carboxylic acids is 1. The van der Waals surface area contributed by atoms with Crippen LogP contribution in [0.2, 0.25) is 0 Å². The Morgan fingerprint density at radius 2 is 2.12 bits per heavy atom. The topological polar surface area (TPSA) is 33.2 Å². The third-order valence-electron chi connectivity index (χ3n) is 3.14. The first-order chi connectivity index (χ1) is 8.34. The average Bonchev–Trinajstić information content (AvgIpc) is 2.82. The van der Waals surface area contributed by atoms with Gasteiger partial charge in [-0.15, -0.1) is 11.3 Å². The summed E-state index contributed by atoms with van der Waals surface area (Å²) in [5.41, 5.74) is 0.929. The maximum Gasteiger partial charge on any atom is 0.264 e. The largest absolute Gasteiger partial charge is 0.338 e. The van der Waals surface area contributed by atoms with Crippen LogP contribution in [0.25, 0.3) is 10.2 Å². The molecule has 3 heterocycles. The lowest BCUT2D eigenvalue weighted by Crippen LogP contribution is -2.35. The monoisotopic (exact) mass is 246 g/mol. The number of carbonyl (C=O) groups is 1. The highest BCUT2D eigenvalue weighted by Crippen LogP contribution is 2.25. The Kier molecular flexibility index (Phi) is 2.81. The van der Waals surface area contributed by atoms with Gasteiger partial charge in [-0.05, 0) is 37.5 Å². The lowest BCUT2D eigenvalue weighted by molar-refractivity contribution is 0.0729. The number of nitrogens with zero attached hydrogens (tertiary/aromatic N) is 2. The summed E-state index contributed by atoms with van der Waals surface area (Å²) in [6.45, 7) is 1.81. The van der Waals surface area contributed by atoms with E-state index in [0.717, 1.165) is 41.0 Å². The zero-order valence-corrected chi connectivity index (χ0v) is 10.4. The highest BCUT2D eigenvalue weighted by atomic mass is 32.1. The van der Waals surface area contributed by atoms with E-state index in [4.69, 9.17) is 0 Å². The van der Waals surface area contributed by atoms with E-state index < -0.39 is 0 Å². The fourth-order valence-electron chi connectivity index (χ4n) is 2.23. The quantitative estimate of drug-likeness (QED) is 0.775. The van der Waals surface area contributed by atoms with Crippen LogP contribution in [0.3, 0.4) is 0 Å². The number of hydrogen-bond donors (Lipinski definition) is 0. The van der Waals surface area contributed by atoms with Gasteiger partial charge in [0.05, 0.1) is 15.1 Å². The summed E-state index contributed by atoms with van der Waals surface area (Å²) in [6, 6.07) is 5.84. The standard InChI is InChI=1S/C13H14N2OS/c16-13(15-7-2-1-3-8-15)12-9-10-11(17-12)5-4-6-14-10/h4-6,9H,1-3,7-8H2. The van der Waals surface area contributed by atoms with Crippen molar-refractivity contribution in [3.8, 4) is 0 Å². The molecule has 88 valence electrons. The van der Waals surface area contributed by atoms with E-state index in [9.17, 15) is 4.79 Å². The second-order valence-electron chi connectivity index (χ2n) is 4.35. The van der Waals surface area contributed by atoms with Gasteiger partial charge in [0.1, 0.15) is 0 Å². The molecule has 0 bridgehead atoms. The zero-order chi connectivity index (χ0) is 11.7. The van der Waals surface area contributed by atoms with Crippen molar-refractivity contribution in [2.45, 2.75) is 19.3 Å². The van der Waals surface area contributed by atoms with E-state index in [2.05, 4.69) is 4.98 Å². The molecule has 3 nitrogen and oxygen atoms in total. The number of hydrogen-bond acceptors (Lipinski definition) is 3. The Bertz CT molecular complexity index is 510. The van der Waals surface area contributed by atoms with Crippen LogP contribution in [-0.4, -0.2) is 28.9 Å². The van der Waals surface area contributed by atoms with E-state index in [1.54, 1.807) is 17.5 Å². The highest BCUT2D eigenvalue weighted by molar-refractivity contribution is 7.20. The molecule has 1 aliphatic rings. The van der Waals surface area contributed by atoms with Gasteiger partial charge >= 0.3 is 0 Å². The molecule has 0 saturated carbocycles. The van der Waals surface area contributed by atoms with Crippen LogP contribution in [0.5, 0.6) is 0 Å². The van der Waals surface area contributed by atoms with Crippen molar-refractivity contribution in [1.29, 1.82) is 0 Å². The predicted molar refractivity (Wildman–Crippen MR) is 69.4 cm³/mol. The molecule has 1 saturated heterocycles. The van der Waals surface area contributed by atoms with E-state index in [1.165, 1.54) is 6.42 Å². The number of likely N-dealkylation sites (tertiary alicyclic amines) is 1. The number of fused-ring (bicyclic) bond motifs is 1. The van der Waals surface area contributed by atoms with Crippen LogP contribution in [0.15, 0.2) is 24.4 Å². The van der Waals surface area contributed by atoms with Gasteiger partial charge in [0.2, 0.25) is 0 Å². The fraction of sp³-hybridized carbons (Fsp3) is 0.385. The van der Waals surface area contributed by atoms with E-state index >= 15 is 0 Å². The minimum absolute atomic E-state index is 0.174. The van der Waals surface area contributed by atoms with Gasteiger partial charge in [0.25, 0.3) is 5.91 Å². The summed E-state index contributed by atoms with van der Waals surface area (Å²) >= 11 is 1.55. The van der Waals surface area contributed by atoms with Gasteiger partial charge in [-0.1, -0.05) is 0 Å². The van der Waals surface area contributed by atoms with E-state index in [-0.39, 0.29) is 5.91 Å². The SMILES string of the molecule is O=C(c1cc2ncccc2s1)N1CCCCC1. The zero-order valence-electron chi connectivity index (χ0n) is 9.56. The molecule has 4 heteroatoms. The summed E-state index contributed by atoms with van der Waals surface area (Å²) in [5, 5.41) is 0. The van der Waals surface area contributed by atoms with Crippen molar-refractivity contribution in [2.24, 2.45) is 0 Å². The second-order valence-corrected chi connectivity index (χ2v) is 5.43. The lowest BCUT2D eigenvalue weighted by atomic mass is 10.1. The first-order valence-electron chi connectivity index (χ1n) is 5.98. The molecule has 2 aromatic rings. The van der Waals surface area contributed by atoms with Gasteiger partial charge in [0, 0.05) is 19.3 Å². The van der Waals surface area contributed by atoms with Crippen LogP contribution < -0.4 is 0 Å². The number of thiophene rings is 1. The number of pyridine rings is 1. The molecule has 1 aliphatic heterocycles.